The molecule has 1 aliphatic heterocycles. The quantitative estimate of drug-likeness (QED) is 0.326. The van der Waals surface area contributed by atoms with Crippen LogP contribution in [0.1, 0.15) is 44.6 Å². The molecule has 1 unspecified atom stereocenters. The highest BCUT2D eigenvalue weighted by Crippen LogP contribution is 2.25. The van der Waals surface area contributed by atoms with Crippen LogP contribution in [0.25, 0.3) is 0 Å². The third-order valence-corrected chi connectivity index (χ3v) is 5.57. The minimum atomic E-state index is 0. The van der Waals surface area contributed by atoms with E-state index in [9.17, 15) is 0 Å². The summed E-state index contributed by atoms with van der Waals surface area (Å²) in [6.45, 7) is 13.1. The average molecular weight is 525 g/mol. The van der Waals surface area contributed by atoms with Crippen molar-refractivity contribution >= 4 is 29.9 Å². The summed E-state index contributed by atoms with van der Waals surface area (Å²) >= 11 is 0. The minimum Gasteiger partial charge on any atom is -0.357 e. The number of hydrogen-bond acceptors (Lipinski definition) is 4. The lowest BCUT2D eigenvalue weighted by Crippen LogP contribution is -2.53. The van der Waals surface area contributed by atoms with Gasteiger partial charge in [0.05, 0.1) is 6.54 Å². The molecule has 1 atom stereocenters. The van der Waals surface area contributed by atoms with E-state index in [2.05, 4.69) is 81.0 Å². The second-order valence-electron chi connectivity index (χ2n) is 7.39. The second-order valence-corrected chi connectivity index (χ2v) is 7.39. The Morgan fingerprint density at radius 3 is 2.47 bits per heavy atom. The first kappa shape index (κ1) is 24.6. The van der Waals surface area contributed by atoms with Gasteiger partial charge in [-0.2, -0.15) is 0 Å². The molecule has 1 N–H and O–H groups in total. The summed E-state index contributed by atoms with van der Waals surface area (Å²) in [7, 11) is 0. The Bertz CT molecular complexity index is 754. The number of aliphatic imine (C=N–C) groups is 1. The van der Waals surface area contributed by atoms with Crippen molar-refractivity contribution in [3.63, 3.8) is 0 Å². The fourth-order valence-electron chi connectivity index (χ4n) is 4.05. The largest absolute Gasteiger partial charge is 0.357 e. The van der Waals surface area contributed by atoms with E-state index >= 15 is 0 Å². The monoisotopic (exact) mass is 525 g/mol. The van der Waals surface area contributed by atoms with E-state index in [-0.39, 0.29) is 24.0 Å². The van der Waals surface area contributed by atoms with Crippen molar-refractivity contribution in [3.05, 3.63) is 48.0 Å². The zero-order valence-electron chi connectivity index (χ0n) is 18.5. The number of nitrogens with zero attached hydrogens (tertiary/aromatic N) is 6. The molecule has 166 valence electrons. The van der Waals surface area contributed by atoms with Gasteiger partial charge in [0.2, 0.25) is 0 Å². The molecule has 1 fully saturated rings. The molecule has 0 aliphatic carbocycles. The molecule has 1 saturated heterocycles. The summed E-state index contributed by atoms with van der Waals surface area (Å²) in [5.74, 6) is 2.04. The van der Waals surface area contributed by atoms with Crippen LogP contribution in [0.15, 0.2) is 41.7 Å². The van der Waals surface area contributed by atoms with Gasteiger partial charge in [0.25, 0.3) is 0 Å². The molecule has 1 aromatic heterocycles. The van der Waals surface area contributed by atoms with Gasteiger partial charge in [-0.25, -0.2) is 0 Å². The average Bonchev–Trinajstić information content (AvgIpc) is 3.22. The molecule has 7 nitrogen and oxygen atoms in total. The highest BCUT2D eigenvalue weighted by atomic mass is 127. The molecule has 1 aromatic carbocycles. The van der Waals surface area contributed by atoms with Gasteiger partial charge >= 0.3 is 0 Å². The zero-order valence-corrected chi connectivity index (χ0v) is 20.8. The minimum absolute atomic E-state index is 0. The molecular weight excluding hydrogens is 489 g/mol. The Labute approximate surface area is 198 Å². The molecule has 3 rings (SSSR count). The summed E-state index contributed by atoms with van der Waals surface area (Å²) in [5, 5.41) is 11.6. The molecule has 0 spiro atoms. The van der Waals surface area contributed by atoms with Crippen molar-refractivity contribution in [2.24, 2.45) is 4.99 Å². The number of piperazine rings is 1. The van der Waals surface area contributed by atoms with Crippen LogP contribution in [0.3, 0.4) is 0 Å². The molecule has 0 saturated carbocycles. The van der Waals surface area contributed by atoms with Gasteiger partial charge in [0, 0.05) is 51.7 Å². The molecule has 1 aliphatic rings. The fraction of sp³-hybridized carbons (Fsp3) is 0.591. The van der Waals surface area contributed by atoms with Crippen molar-refractivity contribution in [2.45, 2.75) is 46.2 Å². The van der Waals surface area contributed by atoms with Gasteiger partial charge in [-0.15, -0.1) is 34.2 Å². The van der Waals surface area contributed by atoms with Crippen molar-refractivity contribution in [1.29, 1.82) is 0 Å². The predicted molar refractivity (Wildman–Crippen MR) is 133 cm³/mol. The van der Waals surface area contributed by atoms with Crippen molar-refractivity contribution in [2.75, 3.05) is 39.3 Å². The first-order chi connectivity index (χ1) is 14.3. The third-order valence-electron chi connectivity index (χ3n) is 5.57. The SMILES string of the molecule is CCNC(=NCCn1cnnc1CC)N1CCN(C(CC)c2ccccc2)CC1.I. The Kier molecular flexibility index (Phi) is 10.6. The van der Waals surface area contributed by atoms with Crippen LogP contribution in [0.4, 0.5) is 0 Å². The number of rotatable bonds is 8. The standard InChI is InChI=1S/C22H35N7.HI/c1-4-20(19-10-8-7-9-11-19)27-14-16-28(17-15-27)22(23-6-3)24-12-13-29-18-25-26-21(29)5-2;/h7-11,18,20H,4-6,12-17H2,1-3H3,(H,23,24);1H. The maximum Gasteiger partial charge on any atom is 0.194 e. The van der Waals surface area contributed by atoms with Crippen molar-refractivity contribution in [1.82, 2.24) is 29.9 Å². The second kappa shape index (κ2) is 12.9. The fourth-order valence-corrected chi connectivity index (χ4v) is 4.05. The molecular formula is C22H36IN7. The molecule has 30 heavy (non-hydrogen) atoms. The lowest BCUT2D eigenvalue weighted by atomic mass is 10.0. The van der Waals surface area contributed by atoms with E-state index in [4.69, 9.17) is 4.99 Å². The number of guanidine groups is 1. The van der Waals surface area contributed by atoms with E-state index in [1.165, 1.54) is 5.56 Å². The summed E-state index contributed by atoms with van der Waals surface area (Å²) in [4.78, 5) is 9.88. The molecule has 2 heterocycles. The lowest BCUT2D eigenvalue weighted by Gasteiger charge is -2.40. The lowest BCUT2D eigenvalue weighted by molar-refractivity contribution is 0.127. The number of benzene rings is 1. The Hall–Kier alpha value is -1.68. The van der Waals surface area contributed by atoms with Crippen LogP contribution in [0.5, 0.6) is 0 Å². The summed E-state index contributed by atoms with van der Waals surface area (Å²) in [5.41, 5.74) is 1.42. The molecule has 0 radical (unpaired) electrons. The van der Waals surface area contributed by atoms with Crippen LogP contribution >= 0.6 is 24.0 Å². The molecule has 2 aromatic rings. The molecule has 0 amide bonds. The maximum absolute atomic E-state index is 4.87. The zero-order chi connectivity index (χ0) is 20.5. The summed E-state index contributed by atoms with van der Waals surface area (Å²) < 4.78 is 2.09. The smallest absolute Gasteiger partial charge is 0.194 e. The van der Waals surface area contributed by atoms with E-state index in [0.717, 1.165) is 70.4 Å². The third kappa shape index (κ3) is 6.41. The number of aromatic nitrogens is 3. The Morgan fingerprint density at radius 2 is 1.83 bits per heavy atom. The van der Waals surface area contributed by atoms with Crippen LogP contribution in [0, 0.1) is 0 Å². The predicted octanol–water partition coefficient (Wildman–Crippen LogP) is 3.19. The first-order valence-electron chi connectivity index (χ1n) is 11.0. The van der Waals surface area contributed by atoms with E-state index in [1.54, 1.807) is 6.33 Å². The van der Waals surface area contributed by atoms with Gasteiger partial charge in [-0.3, -0.25) is 9.89 Å². The van der Waals surface area contributed by atoms with E-state index in [0.29, 0.717) is 6.04 Å². The van der Waals surface area contributed by atoms with Gasteiger partial charge in [0.15, 0.2) is 5.96 Å². The molecule has 0 bridgehead atoms. The Balaban J connectivity index is 0.00000320. The van der Waals surface area contributed by atoms with Crippen LogP contribution in [-0.2, 0) is 13.0 Å². The van der Waals surface area contributed by atoms with Crippen LogP contribution in [0.2, 0.25) is 0 Å². The van der Waals surface area contributed by atoms with Crippen LogP contribution < -0.4 is 5.32 Å². The van der Waals surface area contributed by atoms with Gasteiger partial charge in [-0.1, -0.05) is 44.2 Å². The number of nitrogens with one attached hydrogen (secondary N) is 1. The first-order valence-corrected chi connectivity index (χ1v) is 11.0. The number of halogens is 1. The highest BCUT2D eigenvalue weighted by Gasteiger charge is 2.25. The van der Waals surface area contributed by atoms with E-state index < -0.39 is 0 Å². The Morgan fingerprint density at radius 1 is 1.10 bits per heavy atom. The van der Waals surface area contributed by atoms with Crippen LogP contribution in [-0.4, -0.2) is 69.8 Å². The summed E-state index contributed by atoms with van der Waals surface area (Å²) in [6.07, 6.45) is 3.83. The van der Waals surface area contributed by atoms with Crippen molar-refractivity contribution in [3.8, 4) is 0 Å². The highest BCUT2D eigenvalue weighted by molar-refractivity contribution is 14.0. The molecule has 8 heteroatoms. The van der Waals surface area contributed by atoms with Crippen molar-refractivity contribution < 1.29 is 0 Å². The maximum atomic E-state index is 4.87. The van der Waals surface area contributed by atoms with Gasteiger partial charge < -0.3 is 14.8 Å². The normalized spacial score (nSPS) is 16.2. The van der Waals surface area contributed by atoms with Gasteiger partial charge in [-0.05, 0) is 18.9 Å². The van der Waals surface area contributed by atoms with E-state index in [1.807, 2.05) is 0 Å². The number of aryl methyl sites for hydroxylation is 1. The summed E-state index contributed by atoms with van der Waals surface area (Å²) in [6, 6.07) is 11.4. The topological polar surface area (TPSA) is 61.6 Å². The van der Waals surface area contributed by atoms with Gasteiger partial charge in [0.1, 0.15) is 12.2 Å². The number of hydrogen-bond donors (Lipinski definition) is 1.